The average Bonchev–Trinajstić information content (AvgIpc) is 2.79. The lowest BCUT2D eigenvalue weighted by molar-refractivity contribution is -0.116. The Morgan fingerprint density at radius 1 is 1.43 bits per heavy atom. The monoisotopic (exact) mass is 339 g/mol. The second-order valence-corrected chi connectivity index (χ2v) is 6.38. The minimum absolute atomic E-state index is 0.123. The molecule has 0 bridgehead atoms. The first kappa shape index (κ1) is 18.0. The summed E-state index contributed by atoms with van der Waals surface area (Å²) in [5.41, 5.74) is 1.59. The third-order valence-electron chi connectivity index (χ3n) is 4.12. The molecule has 1 heterocycles. The van der Waals surface area contributed by atoms with Crippen LogP contribution in [-0.2, 0) is 16.6 Å². The number of carbonyl (C=O) groups excluding carboxylic acids is 1. The molecular formula is C17H26ClN3O2. The standard InChI is InChI=1S/C17H26ClN3O2/c1-13-15(17(18)21(2)20-13)9-10-16(22)19-11-6-12-23-14-7-4-3-5-8-14/h9-10,14H,3-8,11-12H2,1-2H3,(H,19,22)/b10-9+. The van der Waals surface area contributed by atoms with Crippen molar-refractivity contribution in [1.29, 1.82) is 0 Å². The van der Waals surface area contributed by atoms with Gasteiger partial charge in [-0.25, -0.2) is 0 Å². The van der Waals surface area contributed by atoms with E-state index in [-0.39, 0.29) is 5.91 Å². The van der Waals surface area contributed by atoms with Crippen LogP contribution in [0.2, 0.25) is 5.15 Å². The van der Waals surface area contributed by atoms with Crippen molar-refractivity contribution in [2.24, 2.45) is 7.05 Å². The maximum absolute atomic E-state index is 11.8. The molecule has 0 unspecified atom stereocenters. The molecule has 1 amide bonds. The molecule has 5 nitrogen and oxygen atoms in total. The van der Waals surface area contributed by atoms with Gasteiger partial charge in [-0.3, -0.25) is 9.48 Å². The predicted octanol–water partition coefficient (Wildman–Crippen LogP) is 3.25. The lowest BCUT2D eigenvalue weighted by atomic mass is 9.98. The lowest BCUT2D eigenvalue weighted by Crippen LogP contribution is -2.24. The number of aryl methyl sites for hydroxylation is 2. The van der Waals surface area contributed by atoms with Crippen molar-refractivity contribution >= 4 is 23.6 Å². The number of hydrogen-bond donors (Lipinski definition) is 1. The maximum Gasteiger partial charge on any atom is 0.244 e. The van der Waals surface area contributed by atoms with Crippen molar-refractivity contribution < 1.29 is 9.53 Å². The van der Waals surface area contributed by atoms with Gasteiger partial charge in [-0.05, 0) is 32.3 Å². The van der Waals surface area contributed by atoms with Gasteiger partial charge in [0.25, 0.3) is 0 Å². The summed E-state index contributed by atoms with van der Waals surface area (Å²) in [6.45, 7) is 3.20. The quantitative estimate of drug-likeness (QED) is 0.613. The number of carbonyl (C=O) groups is 1. The molecule has 23 heavy (non-hydrogen) atoms. The number of halogens is 1. The molecular weight excluding hydrogens is 314 g/mol. The number of amides is 1. The van der Waals surface area contributed by atoms with E-state index in [1.807, 2.05) is 6.92 Å². The molecule has 128 valence electrons. The highest BCUT2D eigenvalue weighted by Gasteiger charge is 2.13. The van der Waals surface area contributed by atoms with Crippen LogP contribution in [0.3, 0.4) is 0 Å². The normalized spacial score (nSPS) is 16.1. The molecule has 0 aromatic carbocycles. The van der Waals surface area contributed by atoms with Crippen LogP contribution < -0.4 is 5.32 Å². The third kappa shape index (κ3) is 5.66. The van der Waals surface area contributed by atoms with E-state index in [1.165, 1.54) is 38.2 Å². The van der Waals surface area contributed by atoms with Crippen LogP contribution in [0.5, 0.6) is 0 Å². The Morgan fingerprint density at radius 3 is 2.83 bits per heavy atom. The highest BCUT2D eigenvalue weighted by atomic mass is 35.5. The first-order valence-corrected chi connectivity index (χ1v) is 8.72. The Labute approximate surface area is 143 Å². The Morgan fingerprint density at radius 2 is 2.17 bits per heavy atom. The van der Waals surface area contributed by atoms with Crippen molar-refractivity contribution in [2.45, 2.75) is 51.6 Å². The van der Waals surface area contributed by atoms with Crippen molar-refractivity contribution in [1.82, 2.24) is 15.1 Å². The average molecular weight is 340 g/mol. The van der Waals surface area contributed by atoms with E-state index < -0.39 is 0 Å². The largest absolute Gasteiger partial charge is 0.378 e. The zero-order chi connectivity index (χ0) is 16.7. The van der Waals surface area contributed by atoms with Crippen LogP contribution in [0.15, 0.2) is 6.08 Å². The third-order valence-corrected chi connectivity index (χ3v) is 4.57. The van der Waals surface area contributed by atoms with Crippen LogP contribution >= 0.6 is 11.6 Å². The number of hydrogen-bond acceptors (Lipinski definition) is 3. The van der Waals surface area contributed by atoms with Crippen LogP contribution in [-0.4, -0.2) is 34.9 Å². The first-order chi connectivity index (χ1) is 11.1. The second kappa shape index (κ2) is 9.08. The highest BCUT2D eigenvalue weighted by Crippen LogP contribution is 2.20. The van der Waals surface area contributed by atoms with Gasteiger partial charge >= 0.3 is 0 Å². The predicted molar refractivity (Wildman–Crippen MR) is 92.4 cm³/mol. The van der Waals surface area contributed by atoms with Crippen molar-refractivity contribution in [3.8, 4) is 0 Å². The van der Waals surface area contributed by atoms with Gasteiger partial charge in [-0.1, -0.05) is 30.9 Å². The topological polar surface area (TPSA) is 56.2 Å². The Hall–Kier alpha value is -1.33. The molecule has 1 fully saturated rings. The van der Waals surface area contributed by atoms with Crippen LogP contribution in [0.25, 0.3) is 6.08 Å². The van der Waals surface area contributed by atoms with Gasteiger partial charge in [0.15, 0.2) is 0 Å². The van der Waals surface area contributed by atoms with E-state index in [1.54, 1.807) is 17.8 Å². The summed E-state index contributed by atoms with van der Waals surface area (Å²) in [6, 6.07) is 0. The zero-order valence-corrected chi connectivity index (χ0v) is 14.7. The molecule has 1 N–H and O–H groups in total. The van der Waals surface area contributed by atoms with Gasteiger partial charge in [-0.2, -0.15) is 5.10 Å². The van der Waals surface area contributed by atoms with Crippen LogP contribution in [0, 0.1) is 6.92 Å². The molecule has 6 heteroatoms. The molecule has 0 radical (unpaired) electrons. The Bertz CT molecular complexity index is 548. The minimum atomic E-state index is -0.123. The van der Waals surface area contributed by atoms with E-state index in [9.17, 15) is 4.79 Å². The summed E-state index contributed by atoms with van der Waals surface area (Å²) in [6.07, 6.45) is 10.7. The molecule has 1 aliphatic carbocycles. The molecule has 0 aliphatic heterocycles. The molecule has 2 rings (SSSR count). The Kier molecular flexibility index (Phi) is 7.12. The van der Waals surface area contributed by atoms with E-state index >= 15 is 0 Å². The fraction of sp³-hybridized carbons (Fsp3) is 0.647. The van der Waals surface area contributed by atoms with E-state index in [2.05, 4.69) is 10.4 Å². The molecule has 1 saturated carbocycles. The molecule has 0 spiro atoms. The first-order valence-electron chi connectivity index (χ1n) is 8.34. The molecule has 1 aromatic rings. The summed E-state index contributed by atoms with van der Waals surface area (Å²) in [7, 11) is 1.78. The van der Waals surface area contributed by atoms with Gasteiger partial charge in [0.1, 0.15) is 5.15 Å². The van der Waals surface area contributed by atoms with Crippen molar-refractivity contribution in [2.75, 3.05) is 13.2 Å². The van der Waals surface area contributed by atoms with Crippen LogP contribution in [0.1, 0.15) is 49.8 Å². The summed E-state index contributed by atoms with van der Waals surface area (Å²) in [5, 5.41) is 7.60. The highest BCUT2D eigenvalue weighted by molar-refractivity contribution is 6.31. The van der Waals surface area contributed by atoms with Gasteiger partial charge in [-0.15, -0.1) is 0 Å². The molecule has 0 atom stereocenters. The maximum atomic E-state index is 11.8. The number of nitrogens with zero attached hydrogens (tertiary/aromatic N) is 2. The minimum Gasteiger partial charge on any atom is -0.378 e. The van der Waals surface area contributed by atoms with Gasteiger partial charge < -0.3 is 10.1 Å². The van der Waals surface area contributed by atoms with Gasteiger partial charge in [0.2, 0.25) is 5.91 Å². The zero-order valence-electron chi connectivity index (χ0n) is 14.0. The summed E-state index contributed by atoms with van der Waals surface area (Å²) in [5.74, 6) is -0.123. The fourth-order valence-corrected chi connectivity index (χ4v) is 3.06. The van der Waals surface area contributed by atoms with E-state index in [0.717, 1.165) is 17.7 Å². The number of aromatic nitrogens is 2. The lowest BCUT2D eigenvalue weighted by Gasteiger charge is -2.21. The number of ether oxygens (including phenoxy) is 1. The SMILES string of the molecule is Cc1nn(C)c(Cl)c1/C=C/C(=O)NCCCOC1CCCCC1. The number of rotatable bonds is 7. The smallest absolute Gasteiger partial charge is 0.244 e. The van der Waals surface area contributed by atoms with Crippen LogP contribution in [0.4, 0.5) is 0 Å². The number of nitrogens with one attached hydrogen (secondary N) is 1. The summed E-state index contributed by atoms with van der Waals surface area (Å²) in [4.78, 5) is 11.8. The van der Waals surface area contributed by atoms with Crippen molar-refractivity contribution in [3.05, 3.63) is 22.5 Å². The van der Waals surface area contributed by atoms with Crippen molar-refractivity contribution in [3.63, 3.8) is 0 Å². The van der Waals surface area contributed by atoms with E-state index in [4.69, 9.17) is 16.3 Å². The molecule has 0 saturated heterocycles. The molecule has 1 aliphatic rings. The Balaban J connectivity index is 1.64. The fourth-order valence-electron chi connectivity index (χ4n) is 2.82. The molecule has 1 aromatic heterocycles. The summed E-state index contributed by atoms with van der Waals surface area (Å²) < 4.78 is 7.42. The van der Waals surface area contributed by atoms with E-state index in [0.29, 0.717) is 24.4 Å². The van der Waals surface area contributed by atoms with Gasteiger partial charge in [0, 0.05) is 31.8 Å². The second-order valence-electron chi connectivity index (χ2n) is 6.02. The van der Waals surface area contributed by atoms with Gasteiger partial charge in [0.05, 0.1) is 11.8 Å². The summed E-state index contributed by atoms with van der Waals surface area (Å²) >= 11 is 6.12.